The molecule has 1 aliphatic carbocycles. The lowest BCUT2D eigenvalue weighted by Gasteiger charge is -2.33. The Balaban J connectivity index is 1.68. The molecular weight excluding hydrogens is 586 g/mol. The molecule has 0 spiro atoms. The molecule has 230 valence electrons. The number of halogens is 1. The number of sulfonamides is 1. The van der Waals surface area contributed by atoms with Crippen molar-refractivity contribution in [2.75, 3.05) is 17.5 Å². The van der Waals surface area contributed by atoms with Gasteiger partial charge in [0, 0.05) is 17.6 Å². The normalized spacial score (nSPS) is 14.5. The van der Waals surface area contributed by atoms with E-state index in [1.54, 1.807) is 31.2 Å². The van der Waals surface area contributed by atoms with Gasteiger partial charge in [-0.3, -0.25) is 13.9 Å². The van der Waals surface area contributed by atoms with Crippen molar-refractivity contribution >= 4 is 39.1 Å². The van der Waals surface area contributed by atoms with Crippen LogP contribution in [0.5, 0.6) is 5.75 Å². The van der Waals surface area contributed by atoms with E-state index in [-0.39, 0.29) is 23.4 Å². The molecule has 0 radical (unpaired) electrons. The predicted molar refractivity (Wildman–Crippen MR) is 170 cm³/mol. The highest BCUT2D eigenvalue weighted by molar-refractivity contribution is 7.92. The van der Waals surface area contributed by atoms with Crippen molar-refractivity contribution in [2.24, 2.45) is 0 Å². The molecule has 1 aliphatic rings. The molecule has 0 unspecified atom stereocenters. The van der Waals surface area contributed by atoms with Crippen molar-refractivity contribution in [2.45, 2.75) is 76.4 Å². The maximum Gasteiger partial charge on any atom is 0.264 e. The zero-order chi connectivity index (χ0) is 31.0. The van der Waals surface area contributed by atoms with E-state index in [1.165, 1.54) is 29.2 Å². The molecular formula is C33H40ClN3O5S. The van der Waals surface area contributed by atoms with Crippen LogP contribution in [-0.2, 0) is 26.2 Å². The smallest absolute Gasteiger partial charge is 0.264 e. The summed E-state index contributed by atoms with van der Waals surface area (Å²) >= 11 is 6.03. The number of hydrogen-bond acceptors (Lipinski definition) is 5. The molecule has 0 bridgehead atoms. The Hall–Kier alpha value is -3.56. The number of carbonyl (C=O) groups excluding carboxylic acids is 2. The lowest BCUT2D eigenvalue weighted by Crippen LogP contribution is -2.53. The lowest BCUT2D eigenvalue weighted by molar-refractivity contribution is -0.139. The standard InChI is InChI=1S/C33H40ClN3O5S/c1-4-42-30-17-15-29(16-18-30)37(43(40,41)31-19-13-27(34)14-20-31)23-32(38)36(22-26-10-8-9-24(2)21-26)25(3)33(39)35-28-11-6-5-7-12-28/h8-10,13-21,25,28H,4-7,11-12,22-23H2,1-3H3,(H,35,39)/t25-/m1/s1. The molecule has 0 heterocycles. The van der Waals surface area contributed by atoms with E-state index in [0.29, 0.717) is 23.1 Å². The average molecular weight is 626 g/mol. The first kappa shape index (κ1) is 32.4. The molecule has 0 aliphatic heterocycles. The first-order valence-corrected chi connectivity index (χ1v) is 16.6. The summed E-state index contributed by atoms with van der Waals surface area (Å²) in [5.74, 6) is -0.171. The number of nitrogens with one attached hydrogen (secondary N) is 1. The molecule has 10 heteroatoms. The monoisotopic (exact) mass is 625 g/mol. The number of anilines is 1. The summed E-state index contributed by atoms with van der Waals surface area (Å²) in [5.41, 5.74) is 2.16. The van der Waals surface area contributed by atoms with Gasteiger partial charge >= 0.3 is 0 Å². The van der Waals surface area contributed by atoms with Gasteiger partial charge in [0.25, 0.3) is 10.0 Å². The van der Waals surface area contributed by atoms with Gasteiger partial charge in [-0.05, 0) is 87.7 Å². The van der Waals surface area contributed by atoms with E-state index >= 15 is 0 Å². The molecule has 0 aromatic heterocycles. The number of carbonyl (C=O) groups is 2. The van der Waals surface area contributed by atoms with Crippen LogP contribution in [0, 0.1) is 6.92 Å². The van der Waals surface area contributed by atoms with Crippen molar-refractivity contribution < 1.29 is 22.7 Å². The fraction of sp³-hybridized carbons (Fsp3) is 0.394. The zero-order valence-corrected chi connectivity index (χ0v) is 26.5. The van der Waals surface area contributed by atoms with E-state index in [9.17, 15) is 18.0 Å². The van der Waals surface area contributed by atoms with Gasteiger partial charge in [-0.25, -0.2) is 8.42 Å². The lowest BCUT2D eigenvalue weighted by atomic mass is 9.95. The van der Waals surface area contributed by atoms with Crippen LogP contribution in [0.15, 0.2) is 77.7 Å². The van der Waals surface area contributed by atoms with Crippen LogP contribution in [0.4, 0.5) is 5.69 Å². The van der Waals surface area contributed by atoms with Crippen molar-refractivity contribution in [3.8, 4) is 5.75 Å². The predicted octanol–water partition coefficient (Wildman–Crippen LogP) is 6.11. The Bertz CT molecular complexity index is 1490. The Morgan fingerprint density at radius 1 is 1.00 bits per heavy atom. The van der Waals surface area contributed by atoms with Crippen molar-refractivity contribution in [3.05, 3.63) is 88.9 Å². The highest BCUT2D eigenvalue weighted by Crippen LogP contribution is 2.27. The Morgan fingerprint density at radius 2 is 1.67 bits per heavy atom. The Kier molecular flexibility index (Phi) is 11.1. The fourth-order valence-corrected chi connectivity index (χ4v) is 6.84. The molecule has 4 rings (SSSR count). The fourth-order valence-electron chi connectivity index (χ4n) is 5.30. The molecule has 1 fully saturated rings. The van der Waals surface area contributed by atoms with Crippen LogP contribution >= 0.6 is 11.6 Å². The quantitative estimate of drug-likeness (QED) is 0.262. The average Bonchev–Trinajstić information content (AvgIpc) is 2.99. The first-order valence-electron chi connectivity index (χ1n) is 14.7. The molecule has 0 saturated heterocycles. The summed E-state index contributed by atoms with van der Waals surface area (Å²) in [5, 5.41) is 3.52. The summed E-state index contributed by atoms with van der Waals surface area (Å²) in [6, 6.07) is 19.3. The van der Waals surface area contributed by atoms with E-state index in [2.05, 4.69) is 5.32 Å². The molecule has 3 aromatic rings. The van der Waals surface area contributed by atoms with Crippen LogP contribution in [0.1, 0.15) is 57.1 Å². The molecule has 1 atom stereocenters. The third-order valence-corrected chi connectivity index (χ3v) is 9.71. The third kappa shape index (κ3) is 8.51. The number of nitrogens with zero attached hydrogens (tertiary/aromatic N) is 2. The van der Waals surface area contributed by atoms with Gasteiger partial charge in [0.15, 0.2) is 0 Å². The molecule has 2 amide bonds. The molecule has 3 aromatic carbocycles. The minimum absolute atomic E-state index is 0.00749. The maximum atomic E-state index is 14.1. The van der Waals surface area contributed by atoms with Gasteiger partial charge in [-0.2, -0.15) is 0 Å². The van der Waals surface area contributed by atoms with Gasteiger partial charge < -0.3 is 15.0 Å². The molecule has 1 N–H and O–H groups in total. The number of amides is 2. The van der Waals surface area contributed by atoms with Crippen LogP contribution in [0.25, 0.3) is 0 Å². The van der Waals surface area contributed by atoms with E-state index in [0.717, 1.165) is 47.5 Å². The minimum Gasteiger partial charge on any atom is -0.494 e. The molecule has 1 saturated carbocycles. The highest BCUT2D eigenvalue weighted by atomic mass is 35.5. The number of rotatable bonds is 12. The zero-order valence-electron chi connectivity index (χ0n) is 25.0. The molecule has 43 heavy (non-hydrogen) atoms. The SMILES string of the molecule is CCOc1ccc(N(CC(=O)N(Cc2cccc(C)c2)[C@H](C)C(=O)NC2CCCCC2)S(=O)(=O)c2ccc(Cl)cc2)cc1. The third-order valence-electron chi connectivity index (χ3n) is 7.67. The number of aryl methyl sites for hydroxylation is 1. The van der Waals surface area contributed by atoms with Gasteiger partial charge in [0.1, 0.15) is 18.3 Å². The van der Waals surface area contributed by atoms with Crippen LogP contribution in [0.3, 0.4) is 0 Å². The second-order valence-corrected chi connectivity index (χ2v) is 13.2. The summed E-state index contributed by atoms with van der Waals surface area (Å²) in [6.07, 6.45) is 5.10. The van der Waals surface area contributed by atoms with Crippen LogP contribution in [-0.4, -0.2) is 50.4 Å². The Labute approximate surface area is 260 Å². The van der Waals surface area contributed by atoms with Gasteiger partial charge in [-0.1, -0.05) is 60.7 Å². The minimum atomic E-state index is -4.19. The van der Waals surface area contributed by atoms with Crippen LogP contribution < -0.4 is 14.4 Å². The largest absolute Gasteiger partial charge is 0.494 e. The number of hydrogen-bond donors (Lipinski definition) is 1. The highest BCUT2D eigenvalue weighted by Gasteiger charge is 2.33. The van der Waals surface area contributed by atoms with E-state index in [4.69, 9.17) is 16.3 Å². The van der Waals surface area contributed by atoms with Crippen molar-refractivity contribution in [1.82, 2.24) is 10.2 Å². The molecule has 8 nitrogen and oxygen atoms in total. The van der Waals surface area contributed by atoms with Gasteiger partial charge in [-0.15, -0.1) is 0 Å². The van der Waals surface area contributed by atoms with Gasteiger partial charge in [0.2, 0.25) is 11.8 Å². The summed E-state index contributed by atoms with van der Waals surface area (Å²) < 4.78 is 34.6. The Morgan fingerprint density at radius 3 is 2.30 bits per heavy atom. The number of benzene rings is 3. The topological polar surface area (TPSA) is 96.0 Å². The first-order chi connectivity index (χ1) is 20.6. The maximum absolute atomic E-state index is 14.1. The van der Waals surface area contributed by atoms with Crippen LogP contribution in [0.2, 0.25) is 5.02 Å². The summed E-state index contributed by atoms with van der Waals surface area (Å²) in [4.78, 5) is 29.1. The van der Waals surface area contributed by atoms with E-state index in [1.807, 2.05) is 38.1 Å². The summed E-state index contributed by atoms with van der Waals surface area (Å²) in [6.45, 7) is 5.61. The van der Waals surface area contributed by atoms with E-state index < -0.39 is 28.5 Å². The van der Waals surface area contributed by atoms with Crippen molar-refractivity contribution in [3.63, 3.8) is 0 Å². The second-order valence-electron chi connectivity index (χ2n) is 10.9. The number of ether oxygens (including phenoxy) is 1. The summed E-state index contributed by atoms with van der Waals surface area (Å²) in [7, 11) is -4.19. The second kappa shape index (κ2) is 14.8. The van der Waals surface area contributed by atoms with Gasteiger partial charge in [0.05, 0.1) is 17.2 Å². The van der Waals surface area contributed by atoms with Crippen molar-refractivity contribution in [1.29, 1.82) is 0 Å².